The van der Waals surface area contributed by atoms with Crippen LogP contribution in [0.1, 0.15) is 126 Å². The number of carbonyl (C=O) groups is 5. The smallest absolute Gasteiger partial charge is 0.280 e. The summed E-state index contributed by atoms with van der Waals surface area (Å²) < 4.78 is 18.1. The number of methoxy groups -OCH3 is 2. The molecule has 1 saturated heterocycles. The van der Waals surface area contributed by atoms with Crippen LogP contribution in [0.25, 0.3) is 0 Å². The molecule has 392 valence electrons. The van der Waals surface area contributed by atoms with E-state index in [0.29, 0.717) is 50.1 Å². The monoisotopic (exact) mass is 1000 g/mol. The molecule has 2 aromatic carbocycles. The third-order valence-corrected chi connectivity index (χ3v) is 15.8. The predicted octanol–water partition coefficient (Wildman–Crippen LogP) is 7.63. The number of benzene rings is 2. The van der Waals surface area contributed by atoms with Gasteiger partial charge in [-0.15, -0.1) is 11.3 Å². The lowest BCUT2D eigenvalue weighted by atomic mass is 9.83. The highest BCUT2D eigenvalue weighted by molar-refractivity contribution is 7.09. The van der Waals surface area contributed by atoms with E-state index >= 15 is 0 Å². The van der Waals surface area contributed by atoms with Gasteiger partial charge in [0.05, 0.1) is 61.6 Å². The van der Waals surface area contributed by atoms with Crippen molar-refractivity contribution in [3.05, 3.63) is 87.9 Å². The second-order valence-electron chi connectivity index (χ2n) is 20.2. The topological polar surface area (TPSA) is 168 Å². The summed E-state index contributed by atoms with van der Waals surface area (Å²) in [5.41, 5.74) is 2.04. The van der Waals surface area contributed by atoms with Gasteiger partial charge in [0.15, 0.2) is 12.0 Å². The van der Waals surface area contributed by atoms with Gasteiger partial charge in [-0.3, -0.25) is 33.7 Å². The predicted molar refractivity (Wildman–Crippen MR) is 274 cm³/mol. The van der Waals surface area contributed by atoms with E-state index in [1.807, 2.05) is 75.0 Å². The average Bonchev–Trinajstić information content (AvgIpc) is 4.13. The summed E-state index contributed by atoms with van der Waals surface area (Å²) >= 11 is 1.56. The number of ether oxygens (including phenoxy) is 3. The summed E-state index contributed by atoms with van der Waals surface area (Å²) in [7, 11) is 6.85. The van der Waals surface area contributed by atoms with Gasteiger partial charge in [0.25, 0.3) is 5.91 Å². The molecule has 2 aliphatic heterocycles. The number of likely N-dealkylation sites (N-methyl/N-ethyl adjacent to an activating group) is 2. The largest absolute Gasteiger partial charge is 0.379 e. The summed E-state index contributed by atoms with van der Waals surface area (Å²) in [6.07, 6.45) is 2.75. The Hall–Kier alpha value is -4.42. The average molecular weight is 1000 g/mol. The third kappa shape index (κ3) is 14.6. The van der Waals surface area contributed by atoms with Crippen molar-refractivity contribution in [2.45, 2.75) is 136 Å². The van der Waals surface area contributed by atoms with Gasteiger partial charge in [-0.1, -0.05) is 103 Å². The number of hydrogen-bond acceptors (Lipinski definition) is 13. The minimum Gasteiger partial charge on any atom is -0.379 e. The zero-order valence-corrected chi connectivity index (χ0v) is 44.8. The molecule has 0 bridgehead atoms. The van der Waals surface area contributed by atoms with E-state index in [0.717, 1.165) is 28.5 Å². The molecule has 0 aliphatic carbocycles. The SMILES string of the molecule is CC[C@H](C)[C@@H]([C@@H](CC(=O)N1CCC[C@H]1[C@H](OC)[C@@H](C)C(=O)C[C@@H](Cc1ccccc1)c1nccs1)OC)N(C)C(=O)[C@@H](CC(=O)[C@H](C(C)C)N(C)CCOCCON1C(=O)c2ccccc2C1O)C(C)C. The minimum absolute atomic E-state index is 0.0356. The zero-order chi connectivity index (χ0) is 51.9. The van der Waals surface area contributed by atoms with E-state index in [2.05, 4.69) is 31.0 Å². The normalized spacial score (nSPS) is 19.4. The number of Topliss-reactive ketones (excluding diaryl/α,β-unsaturated/α-hetero) is 2. The molecule has 16 heteroatoms. The molecule has 0 spiro atoms. The number of hydroxylamine groups is 2. The molecule has 71 heavy (non-hydrogen) atoms. The molecule has 1 unspecified atom stereocenters. The molecule has 10 atom stereocenters. The van der Waals surface area contributed by atoms with Gasteiger partial charge in [-0.05, 0) is 55.7 Å². The first-order chi connectivity index (χ1) is 33.9. The molecule has 1 N–H and O–H groups in total. The fourth-order valence-electron chi connectivity index (χ4n) is 10.7. The summed E-state index contributed by atoms with van der Waals surface area (Å²) in [5.74, 6) is -2.05. The summed E-state index contributed by atoms with van der Waals surface area (Å²) in [6.45, 7) is 15.4. The van der Waals surface area contributed by atoms with E-state index < -0.39 is 48.3 Å². The molecule has 3 aromatic rings. The quantitative estimate of drug-likeness (QED) is 0.0650. The second kappa shape index (κ2) is 27.6. The molecular formula is C55H81N5O10S. The van der Waals surface area contributed by atoms with E-state index in [9.17, 15) is 29.1 Å². The van der Waals surface area contributed by atoms with Crippen LogP contribution in [0.5, 0.6) is 0 Å². The number of hydrogen-bond donors (Lipinski definition) is 1. The van der Waals surface area contributed by atoms with Crippen LogP contribution < -0.4 is 0 Å². The lowest BCUT2D eigenvalue weighted by Gasteiger charge is -2.41. The van der Waals surface area contributed by atoms with Gasteiger partial charge < -0.3 is 29.1 Å². The molecule has 1 fully saturated rings. The van der Waals surface area contributed by atoms with Crippen LogP contribution >= 0.6 is 11.3 Å². The molecular weight excluding hydrogens is 923 g/mol. The number of likely N-dealkylation sites (tertiary alicyclic amines) is 1. The molecule has 1 aromatic heterocycles. The fourth-order valence-corrected chi connectivity index (χ4v) is 11.5. The van der Waals surface area contributed by atoms with Crippen LogP contribution in [-0.4, -0.2) is 151 Å². The first-order valence-electron chi connectivity index (χ1n) is 25.6. The maximum absolute atomic E-state index is 14.7. The first kappa shape index (κ1) is 57.5. The van der Waals surface area contributed by atoms with Crippen molar-refractivity contribution in [2.24, 2.45) is 29.6 Å². The molecule has 2 aliphatic rings. The van der Waals surface area contributed by atoms with Crippen molar-refractivity contribution in [3.8, 4) is 0 Å². The Bertz CT molecular complexity index is 2160. The van der Waals surface area contributed by atoms with Gasteiger partial charge >= 0.3 is 0 Å². The summed E-state index contributed by atoms with van der Waals surface area (Å²) in [5, 5.41) is 14.4. The highest BCUT2D eigenvalue weighted by Crippen LogP contribution is 2.35. The van der Waals surface area contributed by atoms with Crippen LogP contribution in [0, 0.1) is 29.6 Å². The van der Waals surface area contributed by atoms with Crippen molar-refractivity contribution in [2.75, 3.05) is 61.2 Å². The summed E-state index contributed by atoms with van der Waals surface area (Å²) in [4.78, 5) is 86.1. The van der Waals surface area contributed by atoms with Crippen molar-refractivity contribution in [3.63, 3.8) is 0 Å². The van der Waals surface area contributed by atoms with Crippen molar-refractivity contribution in [1.82, 2.24) is 24.7 Å². The van der Waals surface area contributed by atoms with Gasteiger partial charge in [-0.2, -0.15) is 5.06 Å². The Labute approximate surface area is 426 Å². The van der Waals surface area contributed by atoms with E-state index in [1.165, 1.54) is 0 Å². The number of ketones is 2. The highest BCUT2D eigenvalue weighted by Gasteiger charge is 2.44. The lowest BCUT2D eigenvalue weighted by molar-refractivity contribution is -0.205. The Kier molecular flexibility index (Phi) is 22.3. The number of aliphatic hydroxyl groups excluding tert-OH is 1. The van der Waals surface area contributed by atoms with Crippen LogP contribution in [0.3, 0.4) is 0 Å². The van der Waals surface area contributed by atoms with E-state index in [-0.39, 0.29) is 79.1 Å². The molecule has 0 radical (unpaired) electrons. The van der Waals surface area contributed by atoms with Crippen molar-refractivity contribution >= 4 is 40.6 Å². The van der Waals surface area contributed by atoms with Crippen molar-refractivity contribution in [1.29, 1.82) is 0 Å². The molecule has 3 amide bonds. The standard InChI is InChI=1S/C55H81N5O10S/c1-12-37(6)50(47(67-10)34-48(63)59-25-18-23-44(59)51(68-11)38(7)45(61)32-40(52-56-24-30-71-52)31-39-19-14-13-15-20-39)58(9)53(64)43(35(2)3)33-46(62)49(36(4)5)57(8)26-27-69-28-29-70-60-54(65)41-21-16-17-22-42(41)55(60)66/h13-17,19-22,24,30,35-38,40,43-44,47,49-51,54,65H,12,18,23,25-29,31-34H2,1-11H3/t37-,38-,40+,43-,44-,47+,49-,50-,51+,54?/m0/s1. The zero-order valence-electron chi connectivity index (χ0n) is 44.0. The maximum Gasteiger partial charge on any atom is 0.280 e. The highest BCUT2D eigenvalue weighted by atomic mass is 32.1. The van der Waals surface area contributed by atoms with Gasteiger partial charge in [0.2, 0.25) is 11.8 Å². The summed E-state index contributed by atoms with van der Waals surface area (Å²) in [6, 6.07) is 15.7. The Balaban J connectivity index is 1.19. The Morgan fingerprint density at radius 2 is 1.58 bits per heavy atom. The van der Waals surface area contributed by atoms with Crippen LogP contribution in [0.2, 0.25) is 0 Å². The minimum atomic E-state index is -1.18. The van der Waals surface area contributed by atoms with E-state index in [4.69, 9.17) is 19.0 Å². The molecule has 3 heterocycles. The third-order valence-electron chi connectivity index (χ3n) is 14.8. The number of amides is 3. The first-order valence-corrected chi connectivity index (χ1v) is 26.4. The Morgan fingerprint density at radius 3 is 2.20 bits per heavy atom. The Morgan fingerprint density at radius 1 is 0.873 bits per heavy atom. The number of aromatic nitrogens is 1. The van der Waals surface area contributed by atoms with Gasteiger partial charge in [0, 0.05) is 87.7 Å². The molecule has 0 saturated carbocycles. The lowest BCUT2D eigenvalue weighted by Crippen LogP contribution is -2.54. The number of carbonyl (C=O) groups excluding carboxylic acids is 5. The van der Waals surface area contributed by atoms with Crippen molar-refractivity contribution < 1.29 is 48.1 Å². The van der Waals surface area contributed by atoms with Gasteiger partial charge in [-0.25, -0.2) is 4.98 Å². The number of rotatable bonds is 30. The molecule has 15 nitrogen and oxygen atoms in total. The number of aliphatic hydroxyl groups is 1. The van der Waals surface area contributed by atoms with Crippen LogP contribution in [-0.2, 0) is 44.6 Å². The van der Waals surface area contributed by atoms with E-state index in [1.54, 1.807) is 68.0 Å². The van der Waals surface area contributed by atoms with Crippen LogP contribution in [0.4, 0.5) is 0 Å². The van der Waals surface area contributed by atoms with Gasteiger partial charge in [0.1, 0.15) is 5.78 Å². The number of nitrogens with zero attached hydrogens (tertiary/aromatic N) is 5. The number of fused-ring (bicyclic) bond motifs is 1. The molecule has 5 rings (SSSR count). The second-order valence-corrected chi connectivity index (χ2v) is 21.2. The van der Waals surface area contributed by atoms with Crippen LogP contribution in [0.15, 0.2) is 66.2 Å². The fraction of sp³-hybridized carbons (Fsp3) is 0.636. The maximum atomic E-state index is 14.7. The number of thiazole rings is 1.